The van der Waals surface area contributed by atoms with Gasteiger partial charge in [0.15, 0.2) is 0 Å². The zero-order valence-corrected chi connectivity index (χ0v) is 10.2. The van der Waals surface area contributed by atoms with Crippen LogP contribution in [0.15, 0.2) is 12.4 Å². The first-order chi connectivity index (χ1) is 8.65. The van der Waals surface area contributed by atoms with Gasteiger partial charge >= 0.3 is 0 Å². The quantitative estimate of drug-likeness (QED) is 0.800. The molecule has 0 radical (unpaired) electrons. The van der Waals surface area contributed by atoms with Crippen LogP contribution in [0.1, 0.15) is 23.9 Å². The molecule has 2 fully saturated rings. The molecule has 0 spiro atoms. The van der Waals surface area contributed by atoms with Gasteiger partial charge in [0.05, 0.1) is 12.7 Å². The molecule has 1 aromatic heterocycles. The zero-order valence-electron chi connectivity index (χ0n) is 10.2. The van der Waals surface area contributed by atoms with E-state index in [0.29, 0.717) is 12.4 Å². The van der Waals surface area contributed by atoms with Gasteiger partial charge in [0.25, 0.3) is 0 Å². The van der Waals surface area contributed by atoms with Crippen LogP contribution >= 0.6 is 0 Å². The SMILES string of the molecule is Cc1ncc(C(C(N)=O)N2CC3CC2CO3)cn1. The number of ether oxygens (including phenoxy) is 1. The number of morpholine rings is 1. The van der Waals surface area contributed by atoms with Gasteiger partial charge in [-0.15, -0.1) is 0 Å². The number of carbonyl (C=O) groups excluding carboxylic acids is 1. The van der Waals surface area contributed by atoms with Crippen molar-refractivity contribution in [3.05, 3.63) is 23.8 Å². The van der Waals surface area contributed by atoms with Gasteiger partial charge in [-0.25, -0.2) is 9.97 Å². The molecule has 2 saturated heterocycles. The van der Waals surface area contributed by atoms with Crippen LogP contribution in [0.2, 0.25) is 0 Å². The predicted molar refractivity (Wildman–Crippen MR) is 63.6 cm³/mol. The van der Waals surface area contributed by atoms with Crippen LogP contribution in [-0.4, -0.2) is 46.1 Å². The second-order valence-electron chi connectivity index (χ2n) is 4.91. The number of fused-ring (bicyclic) bond motifs is 2. The van der Waals surface area contributed by atoms with Crippen molar-refractivity contribution in [2.45, 2.75) is 31.5 Å². The molecule has 3 rings (SSSR count). The molecule has 96 valence electrons. The van der Waals surface area contributed by atoms with E-state index >= 15 is 0 Å². The Bertz CT molecular complexity index is 462. The summed E-state index contributed by atoms with van der Waals surface area (Å²) in [5.74, 6) is 0.336. The van der Waals surface area contributed by atoms with Crippen molar-refractivity contribution in [1.29, 1.82) is 0 Å². The highest BCUT2D eigenvalue weighted by molar-refractivity contribution is 5.81. The Balaban J connectivity index is 1.89. The van der Waals surface area contributed by atoms with Gasteiger partial charge in [0.2, 0.25) is 5.91 Å². The number of amides is 1. The Morgan fingerprint density at radius 3 is 2.78 bits per heavy atom. The number of likely N-dealkylation sites (tertiary alicyclic amines) is 1. The van der Waals surface area contributed by atoms with E-state index in [1.54, 1.807) is 12.4 Å². The molecule has 18 heavy (non-hydrogen) atoms. The summed E-state index contributed by atoms with van der Waals surface area (Å²) in [5, 5.41) is 0. The third-order valence-electron chi connectivity index (χ3n) is 3.66. The van der Waals surface area contributed by atoms with Crippen molar-refractivity contribution in [3.8, 4) is 0 Å². The summed E-state index contributed by atoms with van der Waals surface area (Å²) in [5.41, 5.74) is 6.31. The lowest BCUT2D eigenvalue weighted by Crippen LogP contribution is -2.45. The van der Waals surface area contributed by atoms with E-state index in [-0.39, 0.29) is 18.1 Å². The van der Waals surface area contributed by atoms with Crippen LogP contribution in [0.5, 0.6) is 0 Å². The number of hydrogen-bond acceptors (Lipinski definition) is 5. The van der Waals surface area contributed by atoms with Crippen LogP contribution < -0.4 is 5.73 Å². The van der Waals surface area contributed by atoms with Gasteiger partial charge in [0, 0.05) is 30.5 Å². The smallest absolute Gasteiger partial charge is 0.239 e. The minimum atomic E-state index is -0.440. The largest absolute Gasteiger partial charge is 0.375 e. The molecule has 6 nitrogen and oxygen atoms in total. The summed E-state index contributed by atoms with van der Waals surface area (Å²) >= 11 is 0. The fourth-order valence-corrected chi connectivity index (χ4v) is 2.81. The molecule has 1 aromatic rings. The number of primary amides is 1. The molecule has 2 aliphatic rings. The molecule has 6 heteroatoms. The first-order valence-corrected chi connectivity index (χ1v) is 6.10. The first kappa shape index (κ1) is 11.6. The van der Waals surface area contributed by atoms with Crippen molar-refractivity contribution in [1.82, 2.24) is 14.9 Å². The average Bonchev–Trinajstić information content (AvgIpc) is 2.94. The highest BCUT2D eigenvalue weighted by atomic mass is 16.5. The molecule has 2 bridgehead atoms. The van der Waals surface area contributed by atoms with Crippen LogP contribution in [0.25, 0.3) is 0 Å². The Kier molecular flexibility index (Phi) is 2.76. The lowest BCUT2D eigenvalue weighted by atomic mass is 10.1. The molecule has 3 atom stereocenters. The predicted octanol–water partition coefficient (Wildman–Crippen LogP) is -0.215. The Labute approximate surface area is 105 Å². The van der Waals surface area contributed by atoms with Gasteiger partial charge in [-0.05, 0) is 13.3 Å². The number of aryl methyl sites for hydroxylation is 1. The van der Waals surface area contributed by atoms with Crippen LogP contribution in [0, 0.1) is 6.92 Å². The highest BCUT2D eigenvalue weighted by Crippen LogP contribution is 2.34. The standard InChI is InChI=1S/C12H16N4O2/c1-7-14-3-8(4-15-7)11(12(13)17)16-5-10-2-9(16)6-18-10/h3-4,9-11H,2,5-6H2,1H3,(H2,13,17). The molecule has 3 heterocycles. The fraction of sp³-hybridized carbons (Fsp3) is 0.583. The number of carbonyl (C=O) groups is 1. The topological polar surface area (TPSA) is 81.3 Å². The Morgan fingerprint density at radius 1 is 1.56 bits per heavy atom. The normalized spacial score (nSPS) is 28.5. The molecule has 3 unspecified atom stereocenters. The van der Waals surface area contributed by atoms with Crippen molar-refractivity contribution in [2.24, 2.45) is 5.73 Å². The van der Waals surface area contributed by atoms with E-state index in [0.717, 1.165) is 18.5 Å². The van der Waals surface area contributed by atoms with Gasteiger partial charge < -0.3 is 10.5 Å². The van der Waals surface area contributed by atoms with Gasteiger partial charge in [-0.1, -0.05) is 0 Å². The Morgan fingerprint density at radius 2 is 2.28 bits per heavy atom. The minimum Gasteiger partial charge on any atom is -0.375 e. The number of rotatable bonds is 3. The summed E-state index contributed by atoms with van der Waals surface area (Å²) in [4.78, 5) is 22.1. The average molecular weight is 248 g/mol. The fourth-order valence-electron chi connectivity index (χ4n) is 2.81. The molecule has 0 saturated carbocycles. The number of hydrogen-bond donors (Lipinski definition) is 1. The van der Waals surface area contributed by atoms with E-state index in [4.69, 9.17) is 10.5 Å². The monoisotopic (exact) mass is 248 g/mol. The first-order valence-electron chi connectivity index (χ1n) is 6.10. The lowest BCUT2D eigenvalue weighted by molar-refractivity contribution is -0.125. The third kappa shape index (κ3) is 1.87. The number of nitrogens with zero attached hydrogens (tertiary/aromatic N) is 3. The van der Waals surface area contributed by atoms with Crippen molar-refractivity contribution in [3.63, 3.8) is 0 Å². The summed E-state index contributed by atoms with van der Waals surface area (Å²) < 4.78 is 5.54. The van der Waals surface area contributed by atoms with Crippen molar-refractivity contribution < 1.29 is 9.53 Å². The maximum Gasteiger partial charge on any atom is 0.239 e. The third-order valence-corrected chi connectivity index (χ3v) is 3.66. The molecular weight excluding hydrogens is 232 g/mol. The molecule has 2 aliphatic heterocycles. The second kappa shape index (κ2) is 4.29. The highest BCUT2D eigenvalue weighted by Gasteiger charge is 2.44. The van der Waals surface area contributed by atoms with Crippen molar-refractivity contribution >= 4 is 5.91 Å². The summed E-state index contributed by atoms with van der Waals surface area (Å²) in [6, 6.07) is -0.154. The van der Waals surface area contributed by atoms with E-state index in [1.165, 1.54) is 0 Å². The summed E-state index contributed by atoms with van der Waals surface area (Å²) in [7, 11) is 0. The summed E-state index contributed by atoms with van der Waals surface area (Å²) in [6.45, 7) is 3.25. The van der Waals surface area contributed by atoms with Crippen molar-refractivity contribution in [2.75, 3.05) is 13.2 Å². The van der Waals surface area contributed by atoms with Gasteiger partial charge in [-0.3, -0.25) is 9.69 Å². The minimum absolute atomic E-state index is 0.239. The van der Waals surface area contributed by atoms with E-state index in [1.807, 2.05) is 6.92 Å². The van der Waals surface area contributed by atoms with Crippen LogP contribution in [-0.2, 0) is 9.53 Å². The van der Waals surface area contributed by atoms with Crippen LogP contribution in [0.3, 0.4) is 0 Å². The molecule has 1 amide bonds. The van der Waals surface area contributed by atoms with E-state index < -0.39 is 6.04 Å². The number of aromatic nitrogens is 2. The maximum atomic E-state index is 11.7. The molecular formula is C12H16N4O2. The van der Waals surface area contributed by atoms with E-state index in [2.05, 4.69) is 14.9 Å². The zero-order chi connectivity index (χ0) is 12.7. The molecule has 0 aromatic carbocycles. The lowest BCUT2D eigenvalue weighted by Gasteiger charge is -2.32. The Hall–Kier alpha value is -1.53. The van der Waals surface area contributed by atoms with Gasteiger partial charge in [0.1, 0.15) is 11.9 Å². The van der Waals surface area contributed by atoms with E-state index in [9.17, 15) is 4.79 Å². The molecule has 0 aliphatic carbocycles. The van der Waals surface area contributed by atoms with Gasteiger partial charge in [-0.2, -0.15) is 0 Å². The maximum absolute atomic E-state index is 11.7. The number of nitrogens with two attached hydrogens (primary N) is 1. The van der Waals surface area contributed by atoms with Crippen LogP contribution in [0.4, 0.5) is 0 Å². The summed E-state index contributed by atoms with van der Waals surface area (Å²) in [6.07, 6.45) is 4.59. The molecule has 2 N–H and O–H groups in total. The second-order valence-corrected chi connectivity index (χ2v) is 4.91.